The molecule has 0 aliphatic rings. The highest BCUT2D eigenvalue weighted by Gasteiger charge is 2.15. The molecule has 0 spiro atoms. The molecule has 3 nitrogen and oxygen atoms in total. The minimum absolute atomic E-state index is 0.407. The molecule has 0 aromatic heterocycles. The molecule has 0 amide bonds. The van der Waals surface area contributed by atoms with Crippen LogP contribution >= 0.6 is 11.8 Å². The van der Waals surface area contributed by atoms with E-state index in [2.05, 4.69) is 0 Å². The van der Waals surface area contributed by atoms with E-state index in [0.29, 0.717) is 10.6 Å². The molecule has 82 valence electrons. The van der Waals surface area contributed by atoms with Gasteiger partial charge in [0.25, 0.3) is 0 Å². The molecule has 0 radical (unpaired) electrons. The number of carbonyl (C=O) groups is 1. The molecule has 1 atom stereocenters. The van der Waals surface area contributed by atoms with Gasteiger partial charge in [0.05, 0.1) is 12.0 Å². The Hall–Kier alpha value is -1.23. The molecule has 1 rings (SSSR count). The number of rotatable bonds is 4. The third-order valence-electron chi connectivity index (χ3n) is 1.78. The number of hydrogen-bond acceptors (Lipinski definition) is 3. The SMILES string of the molecule is COc1ccc(F)cc1SC(C)C(=O)O. The van der Waals surface area contributed by atoms with E-state index in [4.69, 9.17) is 9.84 Å². The van der Waals surface area contributed by atoms with Crippen LogP contribution in [0.3, 0.4) is 0 Å². The molecule has 15 heavy (non-hydrogen) atoms. The summed E-state index contributed by atoms with van der Waals surface area (Å²) in [4.78, 5) is 11.1. The summed E-state index contributed by atoms with van der Waals surface area (Å²) in [6, 6.07) is 4.02. The van der Waals surface area contributed by atoms with Gasteiger partial charge in [-0.25, -0.2) is 4.39 Å². The molecule has 0 aliphatic carbocycles. The number of methoxy groups -OCH3 is 1. The lowest BCUT2D eigenvalue weighted by Gasteiger charge is -2.10. The highest BCUT2D eigenvalue weighted by Crippen LogP contribution is 2.32. The molecule has 0 fully saturated rings. The lowest BCUT2D eigenvalue weighted by Crippen LogP contribution is -2.11. The summed E-state index contributed by atoms with van der Waals surface area (Å²) >= 11 is 1.05. The zero-order valence-electron chi connectivity index (χ0n) is 8.36. The number of benzene rings is 1. The van der Waals surface area contributed by atoms with Crippen LogP contribution in [0.1, 0.15) is 6.92 Å². The van der Waals surface area contributed by atoms with Crippen molar-refractivity contribution in [3.63, 3.8) is 0 Å². The zero-order valence-corrected chi connectivity index (χ0v) is 9.18. The molecule has 0 heterocycles. The Morgan fingerprint density at radius 2 is 2.27 bits per heavy atom. The van der Waals surface area contributed by atoms with Gasteiger partial charge < -0.3 is 9.84 Å². The van der Waals surface area contributed by atoms with Crippen LogP contribution in [0.5, 0.6) is 5.75 Å². The fraction of sp³-hybridized carbons (Fsp3) is 0.300. The van der Waals surface area contributed by atoms with Gasteiger partial charge in [-0.05, 0) is 25.1 Å². The maximum absolute atomic E-state index is 12.9. The quantitative estimate of drug-likeness (QED) is 0.807. The van der Waals surface area contributed by atoms with Crippen molar-refractivity contribution in [2.75, 3.05) is 7.11 Å². The lowest BCUT2D eigenvalue weighted by molar-refractivity contribution is -0.136. The number of carboxylic acid groups (broad SMARTS) is 1. The molecular weight excluding hydrogens is 219 g/mol. The fourth-order valence-electron chi connectivity index (χ4n) is 0.983. The topological polar surface area (TPSA) is 46.5 Å². The second kappa shape index (κ2) is 5.02. The van der Waals surface area contributed by atoms with Crippen molar-refractivity contribution in [3.8, 4) is 5.75 Å². The highest BCUT2D eigenvalue weighted by molar-refractivity contribution is 8.00. The van der Waals surface area contributed by atoms with E-state index in [1.165, 1.54) is 32.2 Å². The van der Waals surface area contributed by atoms with E-state index in [0.717, 1.165) is 11.8 Å². The van der Waals surface area contributed by atoms with Gasteiger partial charge in [-0.2, -0.15) is 0 Å². The van der Waals surface area contributed by atoms with Crippen molar-refractivity contribution in [2.24, 2.45) is 0 Å². The van der Waals surface area contributed by atoms with Crippen molar-refractivity contribution in [3.05, 3.63) is 24.0 Å². The Morgan fingerprint density at radius 3 is 2.80 bits per heavy atom. The van der Waals surface area contributed by atoms with Crippen LogP contribution in [0.15, 0.2) is 23.1 Å². The number of ether oxygens (including phenoxy) is 1. The van der Waals surface area contributed by atoms with Crippen LogP contribution in [0.4, 0.5) is 4.39 Å². The van der Waals surface area contributed by atoms with Crippen LogP contribution in [0.2, 0.25) is 0 Å². The normalized spacial score (nSPS) is 12.2. The highest BCUT2D eigenvalue weighted by atomic mass is 32.2. The number of aliphatic carboxylic acids is 1. The number of thioether (sulfide) groups is 1. The van der Waals surface area contributed by atoms with Crippen LogP contribution in [0, 0.1) is 5.82 Å². The summed E-state index contributed by atoms with van der Waals surface area (Å²) in [6.45, 7) is 1.54. The average Bonchev–Trinajstić information content (AvgIpc) is 2.18. The zero-order chi connectivity index (χ0) is 11.4. The van der Waals surface area contributed by atoms with Gasteiger partial charge in [0.2, 0.25) is 0 Å². The molecule has 1 aromatic carbocycles. The molecule has 1 aromatic rings. The Balaban J connectivity index is 2.91. The maximum atomic E-state index is 12.9. The molecule has 0 aliphatic heterocycles. The van der Waals surface area contributed by atoms with Gasteiger partial charge in [0, 0.05) is 0 Å². The van der Waals surface area contributed by atoms with Crippen molar-refractivity contribution >= 4 is 17.7 Å². The van der Waals surface area contributed by atoms with Crippen molar-refractivity contribution in [1.82, 2.24) is 0 Å². The third-order valence-corrected chi connectivity index (χ3v) is 2.91. The standard InChI is InChI=1S/C10H11FO3S/c1-6(10(12)13)15-9-5-7(11)3-4-8(9)14-2/h3-6H,1-2H3,(H,12,13). The smallest absolute Gasteiger partial charge is 0.316 e. The molecule has 1 N–H and O–H groups in total. The van der Waals surface area contributed by atoms with Crippen LogP contribution in [-0.2, 0) is 4.79 Å². The van der Waals surface area contributed by atoms with Crippen LogP contribution < -0.4 is 4.74 Å². The molecule has 0 saturated heterocycles. The molecule has 1 unspecified atom stereocenters. The minimum Gasteiger partial charge on any atom is -0.496 e. The van der Waals surface area contributed by atoms with Crippen molar-refractivity contribution in [2.45, 2.75) is 17.1 Å². The first-order valence-corrected chi connectivity index (χ1v) is 5.15. The van der Waals surface area contributed by atoms with Crippen molar-refractivity contribution in [1.29, 1.82) is 0 Å². The fourth-order valence-corrected chi connectivity index (χ4v) is 1.91. The van der Waals surface area contributed by atoms with E-state index < -0.39 is 17.0 Å². The minimum atomic E-state index is -0.939. The number of carboxylic acids is 1. The molecule has 0 saturated carbocycles. The van der Waals surface area contributed by atoms with Crippen molar-refractivity contribution < 1.29 is 19.0 Å². The van der Waals surface area contributed by atoms with Gasteiger partial charge in [0.1, 0.15) is 16.8 Å². The molecular formula is C10H11FO3S. The summed E-state index contributed by atoms with van der Waals surface area (Å²) in [5.74, 6) is -0.864. The van der Waals surface area contributed by atoms with Gasteiger partial charge in [-0.1, -0.05) is 0 Å². The summed E-state index contributed by atoms with van der Waals surface area (Å²) in [5, 5.41) is 8.08. The Morgan fingerprint density at radius 1 is 1.60 bits per heavy atom. The van der Waals surface area contributed by atoms with Gasteiger partial charge in [-0.3, -0.25) is 4.79 Å². The van der Waals surface area contributed by atoms with Crippen LogP contribution in [0.25, 0.3) is 0 Å². The molecule has 0 bridgehead atoms. The predicted molar refractivity (Wildman–Crippen MR) is 55.9 cm³/mol. The number of hydrogen-bond donors (Lipinski definition) is 1. The second-order valence-corrected chi connectivity index (χ2v) is 4.28. The summed E-state index contributed by atoms with van der Waals surface area (Å²) in [6.07, 6.45) is 0. The Kier molecular flexibility index (Phi) is 3.96. The van der Waals surface area contributed by atoms with E-state index >= 15 is 0 Å². The first kappa shape index (κ1) is 11.8. The van der Waals surface area contributed by atoms with Gasteiger partial charge >= 0.3 is 5.97 Å². The Labute approximate surface area is 91.2 Å². The van der Waals surface area contributed by atoms with E-state index in [-0.39, 0.29) is 0 Å². The molecule has 5 heteroatoms. The first-order chi connectivity index (χ1) is 7.04. The van der Waals surface area contributed by atoms with Gasteiger partial charge in [-0.15, -0.1) is 11.8 Å². The summed E-state index contributed by atoms with van der Waals surface area (Å²) in [7, 11) is 1.46. The third kappa shape index (κ3) is 3.13. The largest absolute Gasteiger partial charge is 0.496 e. The van der Waals surface area contributed by atoms with Gasteiger partial charge in [0.15, 0.2) is 0 Å². The van der Waals surface area contributed by atoms with E-state index in [9.17, 15) is 9.18 Å². The predicted octanol–water partition coefficient (Wildman–Crippen LogP) is 2.40. The first-order valence-electron chi connectivity index (χ1n) is 4.27. The summed E-state index contributed by atoms with van der Waals surface area (Å²) < 4.78 is 17.9. The Bertz CT molecular complexity index is 368. The second-order valence-electron chi connectivity index (χ2n) is 2.89. The average molecular weight is 230 g/mol. The monoisotopic (exact) mass is 230 g/mol. The van der Waals surface area contributed by atoms with E-state index in [1.807, 2.05) is 0 Å². The number of halogens is 1. The maximum Gasteiger partial charge on any atom is 0.316 e. The lowest BCUT2D eigenvalue weighted by atomic mass is 10.3. The van der Waals surface area contributed by atoms with Crippen LogP contribution in [-0.4, -0.2) is 23.4 Å². The summed E-state index contributed by atoms with van der Waals surface area (Å²) in [5.41, 5.74) is 0. The van der Waals surface area contributed by atoms with E-state index in [1.54, 1.807) is 0 Å².